The van der Waals surface area contributed by atoms with Crippen LogP contribution < -0.4 is 0 Å². The summed E-state index contributed by atoms with van der Waals surface area (Å²) in [7, 11) is 0. The lowest BCUT2D eigenvalue weighted by Gasteiger charge is -2.06. The fourth-order valence-electron chi connectivity index (χ4n) is 0.200. The summed E-state index contributed by atoms with van der Waals surface area (Å²) < 4.78 is 77.7. The summed E-state index contributed by atoms with van der Waals surface area (Å²) >= 11 is 1.72. The summed E-state index contributed by atoms with van der Waals surface area (Å²) in [5, 5.41) is 0. The molecule has 0 rings (SSSR count). The monoisotopic (exact) mass is 260 g/mol. The first-order chi connectivity index (χ1) is 6.55. The summed E-state index contributed by atoms with van der Waals surface area (Å²) in [6.07, 6.45) is -11.2. The number of rotatable bonds is 0. The van der Waals surface area contributed by atoms with Crippen LogP contribution in [-0.2, 0) is 26.9 Å². The van der Waals surface area contributed by atoms with E-state index in [0.29, 0.717) is 0 Å². The molecule has 0 aromatic heterocycles. The Morgan fingerprint density at radius 3 is 1.13 bits per heavy atom. The van der Waals surface area contributed by atoms with Crippen molar-refractivity contribution in [1.82, 2.24) is 0 Å². The molecule has 0 N–H and O–H groups in total. The molecule has 0 saturated heterocycles. The average molecular weight is 260 g/mol. The number of esters is 2. The van der Waals surface area contributed by atoms with Gasteiger partial charge >= 0.3 is 24.3 Å². The van der Waals surface area contributed by atoms with Crippen molar-refractivity contribution in [3.8, 4) is 0 Å². The van der Waals surface area contributed by atoms with Crippen LogP contribution in [0.5, 0.6) is 0 Å². The second-order valence-electron chi connectivity index (χ2n) is 1.67. The minimum Gasteiger partial charge on any atom is -0.380 e. The number of hydrogen-bond acceptors (Lipinski definition) is 4. The number of hydrogen-bond donors (Lipinski definition) is 0. The Labute approximate surface area is 82.7 Å². The van der Waals surface area contributed by atoms with Crippen molar-refractivity contribution in [2.75, 3.05) is 0 Å². The summed E-state index contributed by atoms with van der Waals surface area (Å²) in [5.41, 5.74) is 0. The Morgan fingerprint density at radius 1 is 0.800 bits per heavy atom. The van der Waals surface area contributed by atoms with E-state index in [4.69, 9.17) is 4.21 Å². The number of carbonyl (C=O) groups is 2. The van der Waals surface area contributed by atoms with E-state index in [-0.39, 0.29) is 0 Å². The van der Waals surface area contributed by atoms with Gasteiger partial charge in [-0.3, -0.25) is 4.21 Å². The van der Waals surface area contributed by atoms with E-state index in [0.717, 1.165) is 0 Å². The SMILES string of the molecule is O=C(OC(=O)C(F)(F)F)C(F)(F)F.O=[SH2]. The van der Waals surface area contributed by atoms with Gasteiger partial charge in [-0.2, -0.15) is 26.3 Å². The number of alkyl halides is 6. The molecule has 0 spiro atoms. The highest BCUT2D eigenvalue weighted by Crippen LogP contribution is 2.21. The number of ether oxygens (including phenoxy) is 1. The first-order valence-electron chi connectivity index (χ1n) is 2.65. The lowest BCUT2D eigenvalue weighted by molar-refractivity contribution is -0.221. The van der Waals surface area contributed by atoms with E-state index < -0.39 is 24.3 Å². The van der Waals surface area contributed by atoms with Crippen molar-refractivity contribution < 1.29 is 44.9 Å². The van der Waals surface area contributed by atoms with Crippen molar-refractivity contribution in [1.29, 1.82) is 0 Å². The van der Waals surface area contributed by atoms with Gasteiger partial charge in [0.15, 0.2) is 0 Å². The summed E-state index contributed by atoms with van der Waals surface area (Å²) in [6, 6.07) is 0. The molecular formula is C4H2F6O4S. The third kappa shape index (κ3) is 6.88. The van der Waals surface area contributed by atoms with Crippen LogP contribution in [0.3, 0.4) is 0 Å². The van der Waals surface area contributed by atoms with Crippen LogP contribution in [0, 0.1) is 0 Å². The van der Waals surface area contributed by atoms with E-state index >= 15 is 0 Å². The molecule has 11 heteroatoms. The molecule has 0 amide bonds. The van der Waals surface area contributed by atoms with Crippen molar-refractivity contribution in [3.63, 3.8) is 0 Å². The summed E-state index contributed by atoms with van der Waals surface area (Å²) in [5.74, 6) is -6.40. The van der Waals surface area contributed by atoms with Gasteiger partial charge in [-0.1, -0.05) is 0 Å². The zero-order valence-corrected chi connectivity index (χ0v) is 7.40. The van der Waals surface area contributed by atoms with Gasteiger partial charge in [0.25, 0.3) is 0 Å². The minimum atomic E-state index is -5.62. The van der Waals surface area contributed by atoms with Crippen LogP contribution in [0.1, 0.15) is 0 Å². The number of carbonyl (C=O) groups excluding carboxylic acids is 2. The summed E-state index contributed by atoms with van der Waals surface area (Å²) in [6.45, 7) is 0. The number of halogens is 6. The molecule has 0 aliphatic heterocycles. The molecule has 15 heavy (non-hydrogen) atoms. The Kier molecular flexibility index (Phi) is 6.17. The zero-order valence-electron chi connectivity index (χ0n) is 6.40. The molecule has 0 atom stereocenters. The first-order valence-corrected chi connectivity index (χ1v) is 3.06. The molecule has 0 heterocycles. The second-order valence-corrected chi connectivity index (χ2v) is 1.67. The van der Waals surface area contributed by atoms with Gasteiger partial charge in [0.1, 0.15) is 0 Å². The molecule has 0 bridgehead atoms. The Hall–Kier alpha value is -1.13. The largest absolute Gasteiger partial charge is 0.491 e. The molecule has 0 aromatic rings. The van der Waals surface area contributed by atoms with Gasteiger partial charge < -0.3 is 4.74 Å². The van der Waals surface area contributed by atoms with Gasteiger partial charge in [-0.25, -0.2) is 9.59 Å². The lowest BCUT2D eigenvalue weighted by atomic mass is 10.6. The standard InChI is InChI=1S/C4F6O3.H2OS/c5-3(6,7)1(11)13-2(12)4(8,9)10;1-2/h;2H2. The van der Waals surface area contributed by atoms with Crippen LogP contribution in [0.15, 0.2) is 0 Å². The molecule has 0 unspecified atom stereocenters. The normalized spacial score (nSPS) is 11.1. The Bertz CT molecular complexity index is 220. The molecule has 0 radical (unpaired) electrons. The van der Waals surface area contributed by atoms with E-state index in [1.54, 1.807) is 12.5 Å². The summed E-state index contributed by atoms with van der Waals surface area (Å²) in [4.78, 5) is 19.3. The van der Waals surface area contributed by atoms with Gasteiger partial charge in [-0.15, -0.1) is 0 Å². The average Bonchev–Trinajstić information content (AvgIpc) is 2.04. The van der Waals surface area contributed by atoms with Gasteiger partial charge in [0.2, 0.25) is 0 Å². The van der Waals surface area contributed by atoms with Crippen molar-refractivity contribution >= 4 is 24.5 Å². The highest BCUT2D eigenvalue weighted by Gasteiger charge is 2.49. The zero-order chi connectivity index (χ0) is 12.9. The maximum absolute atomic E-state index is 11.2. The van der Waals surface area contributed by atoms with Gasteiger partial charge in [0.05, 0.1) is 0 Å². The fourth-order valence-corrected chi connectivity index (χ4v) is 0.200. The van der Waals surface area contributed by atoms with Crippen molar-refractivity contribution in [2.24, 2.45) is 0 Å². The van der Waals surface area contributed by atoms with Crippen molar-refractivity contribution in [2.45, 2.75) is 12.4 Å². The smallest absolute Gasteiger partial charge is 0.380 e. The highest BCUT2D eigenvalue weighted by molar-refractivity contribution is 7.44. The second kappa shape index (κ2) is 5.68. The molecule has 0 aliphatic rings. The van der Waals surface area contributed by atoms with Crippen LogP contribution in [0.25, 0.3) is 0 Å². The van der Waals surface area contributed by atoms with E-state index in [9.17, 15) is 35.9 Å². The minimum absolute atomic E-state index is 1.72. The molecular weight excluding hydrogens is 258 g/mol. The molecule has 4 nitrogen and oxygen atoms in total. The molecule has 0 aromatic carbocycles. The predicted molar refractivity (Wildman–Crippen MR) is 34.1 cm³/mol. The van der Waals surface area contributed by atoms with Crippen LogP contribution in [0.2, 0.25) is 0 Å². The van der Waals surface area contributed by atoms with E-state index in [1.165, 1.54) is 0 Å². The van der Waals surface area contributed by atoms with E-state index in [2.05, 4.69) is 4.74 Å². The van der Waals surface area contributed by atoms with Crippen molar-refractivity contribution in [3.05, 3.63) is 0 Å². The maximum Gasteiger partial charge on any atom is 0.491 e. The molecule has 90 valence electrons. The first kappa shape index (κ1) is 16.3. The molecule has 0 fully saturated rings. The fraction of sp³-hybridized carbons (Fsp3) is 0.500. The lowest BCUT2D eigenvalue weighted by Crippen LogP contribution is -2.34. The highest BCUT2D eigenvalue weighted by atomic mass is 32.1. The van der Waals surface area contributed by atoms with Crippen LogP contribution >= 0.6 is 0 Å². The van der Waals surface area contributed by atoms with Gasteiger partial charge in [0, 0.05) is 0 Å². The molecule has 0 saturated carbocycles. The topological polar surface area (TPSA) is 60.4 Å². The van der Waals surface area contributed by atoms with Gasteiger partial charge in [-0.05, 0) is 12.5 Å². The van der Waals surface area contributed by atoms with Crippen LogP contribution in [-0.4, -0.2) is 28.5 Å². The van der Waals surface area contributed by atoms with Crippen LogP contribution in [0.4, 0.5) is 26.3 Å². The quantitative estimate of drug-likeness (QED) is 0.357. The predicted octanol–water partition coefficient (Wildman–Crippen LogP) is 0.309. The third-order valence-electron chi connectivity index (χ3n) is 0.648. The Morgan fingerprint density at radius 2 is 1.00 bits per heavy atom. The van der Waals surface area contributed by atoms with E-state index in [1.807, 2.05) is 0 Å². The maximum atomic E-state index is 11.2. The Balaban J connectivity index is 0. The molecule has 0 aliphatic carbocycles. The third-order valence-corrected chi connectivity index (χ3v) is 0.648.